The summed E-state index contributed by atoms with van der Waals surface area (Å²) in [5, 5.41) is 7.13. The van der Waals surface area contributed by atoms with Gasteiger partial charge in [-0.3, -0.25) is 9.78 Å². The van der Waals surface area contributed by atoms with E-state index in [4.69, 9.17) is 0 Å². The van der Waals surface area contributed by atoms with Crippen molar-refractivity contribution in [1.29, 1.82) is 0 Å². The quantitative estimate of drug-likeness (QED) is 0.808. The Hall–Kier alpha value is -2.89. The number of nitrogens with one attached hydrogen (secondary N) is 1. The van der Waals surface area contributed by atoms with Crippen LogP contribution in [0.5, 0.6) is 0 Å². The van der Waals surface area contributed by atoms with Gasteiger partial charge in [0.1, 0.15) is 0 Å². The molecule has 6 heteroatoms. The molecule has 3 aromatic heterocycles. The predicted molar refractivity (Wildman–Crippen MR) is 88.8 cm³/mol. The highest BCUT2D eigenvalue weighted by Crippen LogP contribution is 2.23. The molecular formula is C17H17N5O. The average molecular weight is 307 g/mol. The van der Waals surface area contributed by atoms with Crippen molar-refractivity contribution in [2.24, 2.45) is 0 Å². The number of anilines is 2. The van der Waals surface area contributed by atoms with Gasteiger partial charge in [0, 0.05) is 31.2 Å². The van der Waals surface area contributed by atoms with Crippen LogP contribution in [0.1, 0.15) is 23.2 Å². The Bertz CT molecular complexity index is 837. The number of fused-ring (bicyclic) bond motifs is 1. The lowest BCUT2D eigenvalue weighted by molar-refractivity contribution is 0.102. The van der Waals surface area contributed by atoms with E-state index in [1.165, 1.54) is 12.8 Å². The molecule has 1 aliphatic heterocycles. The summed E-state index contributed by atoms with van der Waals surface area (Å²) in [6.45, 7) is 2.14. The number of carbonyl (C=O) groups is 1. The number of pyridine rings is 2. The number of hydrogen-bond donors (Lipinski definition) is 1. The summed E-state index contributed by atoms with van der Waals surface area (Å²) >= 11 is 0. The first-order chi connectivity index (χ1) is 11.3. The lowest BCUT2D eigenvalue weighted by Gasteiger charge is -2.17. The van der Waals surface area contributed by atoms with Gasteiger partial charge in [-0.2, -0.15) is 5.10 Å². The number of hydrogen-bond acceptors (Lipinski definition) is 4. The van der Waals surface area contributed by atoms with Crippen LogP contribution in [0.15, 0.2) is 49.1 Å². The third-order valence-corrected chi connectivity index (χ3v) is 4.14. The second-order valence-corrected chi connectivity index (χ2v) is 5.66. The summed E-state index contributed by atoms with van der Waals surface area (Å²) in [6, 6.07) is 7.69. The van der Waals surface area contributed by atoms with E-state index in [9.17, 15) is 4.79 Å². The Kier molecular flexibility index (Phi) is 3.42. The van der Waals surface area contributed by atoms with Crippen molar-refractivity contribution in [3.8, 4) is 0 Å². The monoisotopic (exact) mass is 307 g/mol. The standard InChI is InChI=1S/C17H17N5O/c23-17(20-13-4-3-6-18-11-13)15-12-19-22-9-5-14(10-16(15)22)21-7-1-2-8-21/h3-6,9-12H,1-2,7-8H2,(H,20,23). The second-order valence-electron chi connectivity index (χ2n) is 5.66. The third kappa shape index (κ3) is 2.63. The zero-order valence-electron chi connectivity index (χ0n) is 12.6. The zero-order chi connectivity index (χ0) is 15.6. The van der Waals surface area contributed by atoms with Crippen molar-refractivity contribution in [2.45, 2.75) is 12.8 Å². The maximum Gasteiger partial charge on any atom is 0.259 e. The highest BCUT2D eigenvalue weighted by molar-refractivity contribution is 6.08. The number of carbonyl (C=O) groups excluding carboxylic acids is 1. The van der Waals surface area contributed by atoms with E-state index in [-0.39, 0.29) is 5.91 Å². The second kappa shape index (κ2) is 5.72. The molecule has 4 rings (SSSR count). The molecule has 0 spiro atoms. The molecule has 0 saturated carbocycles. The molecule has 23 heavy (non-hydrogen) atoms. The molecule has 0 unspecified atom stereocenters. The first-order valence-corrected chi connectivity index (χ1v) is 7.75. The maximum atomic E-state index is 12.5. The minimum absolute atomic E-state index is 0.174. The van der Waals surface area contributed by atoms with Gasteiger partial charge in [-0.05, 0) is 37.1 Å². The predicted octanol–water partition coefficient (Wildman–Crippen LogP) is 2.58. The maximum absolute atomic E-state index is 12.5. The van der Waals surface area contributed by atoms with E-state index < -0.39 is 0 Å². The molecule has 1 saturated heterocycles. The van der Waals surface area contributed by atoms with Crippen LogP contribution in [0.3, 0.4) is 0 Å². The van der Waals surface area contributed by atoms with Gasteiger partial charge in [0.15, 0.2) is 0 Å². The van der Waals surface area contributed by atoms with Crippen LogP contribution < -0.4 is 10.2 Å². The molecular weight excluding hydrogens is 290 g/mol. The zero-order valence-corrected chi connectivity index (χ0v) is 12.6. The molecule has 1 aliphatic rings. The molecule has 6 nitrogen and oxygen atoms in total. The van der Waals surface area contributed by atoms with Crippen molar-refractivity contribution in [3.05, 3.63) is 54.6 Å². The fraction of sp³-hybridized carbons (Fsp3) is 0.235. The van der Waals surface area contributed by atoms with Gasteiger partial charge < -0.3 is 10.2 Å². The Labute approximate surface area is 133 Å². The first kappa shape index (κ1) is 13.8. The van der Waals surface area contributed by atoms with Crippen molar-refractivity contribution in [1.82, 2.24) is 14.6 Å². The molecule has 0 bridgehead atoms. The third-order valence-electron chi connectivity index (χ3n) is 4.14. The largest absolute Gasteiger partial charge is 0.371 e. The van der Waals surface area contributed by atoms with E-state index in [0.29, 0.717) is 11.3 Å². The number of rotatable bonds is 3. The first-order valence-electron chi connectivity index (χ1n) is 7.75. The number of aromatic nitrogens is 3. The van der Waals surface area contributed by atoms with Crippen LogP contribution in [0.2, 0.25) is 0 Å². The Morgan fingerprint density at radius 3 is 2.83 bits per heavy atom. The van der Waals surface area contributed by atoms with Gasteiger partial charge in [-0.15, -0.1) is 0 Å². The van der Waals surface area contributed by atoms with E-state index >= 15 is 0 Å². The van der Waals surface area contributed by atoms with E-state index in [1.807, 2.05) is 24.4 Å². The van der Waals surface area contributed by atoms with Gasteiger partial charge in [0.25, 0.3) is 5.91 Å². The molecule has 1 amide bonds. The molecule has 0 radical (unpaired) electrons. The summed E-state index contributed by atoms with van der Waals surface area (Å²) in [5.41, 5.74) is 3.20. The average Bonchev–Trinajstić information content (AvgIpc) is 3.25. The summed E-state index contributed by atoms with van der Waals surface area (Å²) in [4.78, 5) is 18.9. The summed E-state index contributed by atoms with van der Waals surface area (Å²) in [7, 11) is 0. The molecule has 0 atom stereocenters. The van der Waals surface area contributed by atoms with Gasteiger partial charge >= 0.3 is 0 Å². The number of amides is 1. The van der Waals surface area contributed by atoms with E-state index in [0.717, 1.165) is 24.3 Å². The van der Waals surface area contributed by atoms with Crippen molar-refractivity contribution < 1.29 is 4.79 Å². The Morgan fingerprint density at radius 1 is 1.17 bits per heavy atom. The lowest BCUT2D eigenvalue weighted by atomic mass is 10.2. The minimum Gasteiger partial charge on any atom is -0.371 e. The molecule has 1 fully saturated rings. The summed E-state index contributed by atoms with van der Waals surface area (Å²) < 4.78 is 1.73. The molecule has 0 aromatic carbocycles. The molecule has 0 aliphatic carbocycles. The van der Waals surface area contributed by atoms with Gasteiger partial charge in [0.2, 0.25) is 0 Å². The van der Waals surface area contributed by atoms with E-state index in [2.05, 4.69) is 20.3 Å². The van der Waals surface area contributed by atoms with Crippen molar-refractivity contribution in [3.63, 3.8) is 0 Å². The van der Waals surface area contributed by atoms with Gasteiger partial charge in [-0.25, -0.2) is 4.52 Å². The minimum atomic E-state index is -0.174. The van der Waals surface area contributed by atoms with Gasteiger partial charge in [-0.1, -0.05) is 0 Å². The smallest absolute Gasteiger partial charge is 0.259 e. The van der Waals surface area contributed by atoms with Crippen LogP contribution in [0.25, 0.3) is 5.52 Å². The topological polar surface area (TPSA) is 62.5 Å². The summed E-state index contributed by atoms with van der Waals surface area (Å²) in [6.07, 6.45) is 9.25. The van der Waals surface area contributed by atoms with Crippen LogP contribution in [-0.2, 0) is 0 Å². The highest BCUT2D eigenvalue weighted by Gasteiger charge is 2.17. The molecule has 4 heterocycles. The lowest BCUT2D eigenvalue weighted by Crippen LogP contribution is -2.18. The Morgan fingerprint density at radius 2 is 2.04 bits per heavy atom. The Balaban J connectivity index is 1.66. The van der Waals surface area contributed by atoms with Crippen LogP contribution in [0.4, 0.5) is 11.4 Å². The fourth-order valence-electron chi connectivity index (χ4n) is 2.95. The van der Waals surface area contributed by atoms with E-state index in [1.54, 1.807) is 29.2 Å². The summed E-state index contributed by atoms with van der Waals surface area (Å²) in [5.74, 6) is -0.174. The van der Waals surface area contributed by atoms with Crippen LogP contribution >= 0.6 is 0 Å². The normalized spacial score (nSPS) is 14.3. The van der Waals surface area contributed by atoms with Crippen molar-refractivity contribution >= 4 is 22.8 Å². The van der Waals surface area contributed by atoms with Crippen LogP contribution in [0, 0.1) is 0 Å². The molecule has 1 N–H and O–H groups in total. The molecule has 116 valence electrons. The molecule has 3 aromatic rings. The highest BCUT2D eigenvalue weighted by atomic mass is 16.1. The van der Waals surface area contributed by atoms with Crippen molar-refractivity contribution in [2.75, 3.05) is 23.3 Å². The van der Waals surface area contributed by atoms with Crippen LogP contribution in [-0.4, -0.2) is 33.6 Å². The number of nitrogens with zero attached hydrogens (tertiary/aromatic N) is 4. The van der Waals surface area contributed by atoms with Gasteiger partial charge in [0.05, 0.1) is 29.2 Å². The fourth-order valence-corrected chi connectivity index (χ4v) is 2.95. The SMILES string of the molecule is O=C(Nc1cccnc1)c1cnn2ccc(N3CCCC3)cc12.